The molecule has 2 saturated heterocycles. The van der Waals surface area contributed by atoms with Gasteiger partial charge in [-0.05, 0) is 42.7 Å². The number of carbonyl (C=O) groups excluding carboxylic acids is 1. The van der Waals surface area contributed by atoms with Crippen molar-refractivity contribution in [1.29, 1.82) is 0 Å². The van der Waals surface area contributed by atoms with Crippen molar-refractivity contribution < 1.29 is 9.90 Å². The van der Waals surface area contributed by atoms with Gasteiger partial charge in [0, 0.05) is 38.3 Å². The fourth-order valence-corrected chi connectivity index (χ4v) is 4.57. The molecule has 22 heavy (non-hydrogen) atoms. The second kappa shape index (κ2) is 5.67. The number of amides is 1. The largest absolute Gasteiger partial charge is 0.392 e. The second-order valence-electron chi connectivity index (χ2n) is 7.22. The Hall–Kier alpha value is -1.39. The van der Waals surface area contributed by atoms with Crippen LogP contribution in [0.4, 0.5) is 5.69 Å². The Morgan fingerprint density at radius 3 is 2.41 bits per heavy atom. The lowest BCUT2D eigenvalue weighted by molar-refractivity contribution is -0.117. The zero-order chi connectivity index (χ0) is 15.1. The van der Waals surface area contributed by atoms with Gasteiger partial charge in [0.05, 0.1) is 6.10 Å². The van der Waals surface area contributed by atoms with Crippen molar-refractivity contribution in [2.75, 3.05) is 31.1 Å². The van der Waals surface area contributed by atoms with Crippen LogP contribution in [0.1, 0.15) is 19.3 Å². The first-order valence-electron chi connectivity index (χ1n) is 8.46. The van der Waals surface area contributed by atoms with Crippen molar-refractivity contribution in [3.05, 3.63) is 30.3 Å². The normalized spacial score (nSPS) is 35.3. The first-order valence-corrected chi connectivity index (χ1v) is 8.46. The molecule has 1 unspecified atom stereocenters. The highest BCUT2D eigenvalue weighted by molar-refractivity contribution is 5.95. The third-order valence-electron chi connectivity index (χ3n) is 5.65. The summed E-state index contributed by atoms with van der Waals surface area (Å²) in [7, 11) is 0. The first-order chi connectivity index (χ1) is 10.7. The number of piperidine rings is 1. The van der Waals surface area contributed by atoms with Crippen molar-refractivity contribution in [2.45, 2.75) is 25.4 Å². The molecule has 4 atom stereocenters. The van der Waals surface area contributed by atoms with Gasteiger partial charge in [-0.1, -0.05) is 18.2 Å². The number of hydrogen-bond donors (Lipinski definition) is 1. The van der Waals surface area contributed by atoms with E-state index in [9.17, 15) is 9.90 Å². The van der Waals surface area contributed by atoms with E-state index in [1.807, 2.05) is 35.2 Å². The number of fused-ring (bicyclic) bond motifs is 2. The lowest BCUT2D eigenvalue weighted by Crippen LogP contribution is -2.46. The fourth-order valence-electron chi connectivity index (χ4n) is 4.57. The van der Waals surface area contributed by atoms with Gasteiger partial charge in [-0.3, -0.25) is 4.79 Å². The van der Waals surface area contributed by atoms with Crippen molar-refractivity contribution in [3.63, 3.8) is 0 Å². The molecule has 1 aromatic carbocycles. The van der Waals surface area contributed by atoms with Crippen LogP contribution in [0.15, 0.2) is 30.3 Å². The highest BCUT2D eigenvalue weighted by Gasteiger charge is 2.42. The molecule has 1 aromatic rings. The molecule has 4 rings (SSSR count). The molecule has 2 bridgehead atoms. The van der Waals surface area contributed by atoms with Crippen LogP contribution in [0.5, 0.6) is 0 Å². The van der Waals surface area contributed by atoms with Gasteiger partial charge in [-0.15, -0.1) is 0 Å². The third-order valence-corrected chi connectivity index (χ3v) is 5.65. The molecular weight excluding hydrogens is 276 g/mol. The van der Waals surface area contributed by atoms with E-state index >= 15 is 0 Å². The Balaban J connectivity index is 1.38. The zero-order valence-electron chi connectivity index (χ0n) is 12.9. The van der Waals surface area contributed by atoms with Crippen molar-refractivity contribution in [2.24, 2.45) is 17.8 Å². The second-order valence-corrected chi connectivity index (χ2v) is 7.22. The van der Waals surface area contributed by atoms with Crippen molar-refractivity contribution in [3.8, 4) is 0 Å². The number of anilines is 1. The van der Waals surface area contributed by atoms with Crippen LogP contribution < -0.4 is 4.90 Å². The number of para-hydroxylation sites is 1. The summed E-state index contributed by atoms with van der Waals surface area (Å²) in [5, 5.41) is 10.1. The number of benzene rings is 1. The summed E-state index contributed by atoms with van der Waals surface area (Å²) in [5.41, 5.74) is 1.02. The van der Waals surface area contributed by atoms with Gasteiger partial charge in [-0.2, -0.15) is 0 Å². The van der Waals surface area contributed by atoms with Gasteiger partial charge in [0.15, 0.2) is 0 Å². The molecule has 0 aromatic heterocycles. The van der Waals surface area contributed by atoms with Crippen molar-refractivity contribution >= 4 is 11.6 Å². The average molecular weight is 300 g/mol. The van der Waals surface area contributed by atoms with E-state index in [1.54, 1.807) is 0 Å². The maximum Gasteiger partial charge on any atom is 0.227 e. The summed E-state index contributed by atoms with van der Waals surface area (Å²) < 4.78 is 0. The predicted octanol–water partition coefficient (Wildman–Crippen LogP) is 1.74. The molecule has 0 spiro atoms. The van der Waals surface area contributed by atoms with Crippen LogP contribution in [0.25, 0.3) is 0 Å². The number of likely N-dealkylation sites (tertiary alicyclic amines) is 1. The van der Waals surface area contributed by atoms with Gasteiger partial charge in [-0.25, -0.2) is 0 Å². The topological polar surface area (TPSA) is 43.8 Å². The molecule has 2 heterocycles. The number of rotatable bonds is 3. The van der Waals surface area contributed by atoms with Crippen LogP contribution in [0, 0.1) is 17.8 Å². The average Bonchev–Trinajstić information content (AvgIpc) is 2.96. The van der Waals surface area contributed by atoms with Gasteiger partial charge in [0.25, 0.3) is 0 Å². The van der Waals surface area contributed by atoms with Crippen LogP contribution in [-0.4, -0.2) is 48.2 Å². The van der Waals surface area contributed by atoms with Gasteiger partial charge in [0.2, 0.25) is 5.91 Å². The van der Waals surface area contributed by atoms with Gasteiger partial charge in [0.1, 0.15) is 0 Å². The number of aliphatic hydroxyl groups excluding tert-OH is 1. The minimum atomic E-state index is -0.0812. The maximum absolute atomic E-state index is 12.3. The Labute approximate surface area is 131 Å². The molecule has 1 amide bonds. The molecule has 1 N–H and O–H groups in total. The third kappa shape index (κ3) is 2.55. The van der Waals surface area contributed by atoms with E-state index in [1.165, 1.54) is 12.8 Å². The quantitative estimate of drug-likeness (QED) is 0.925. The van der Waals surface area contributed by atoms with E-state index in [-0.39, 0.29) is 12.0 Å². The summed E-state index contributed by atoms with van der Waals surface area (Å²) >= 11 is 0. The molecule has 4 heteroatoms. The van der Waals surface area contributed by atoms with Crippen LogP contribution in [0.2, 0.25) is 0 Å². The Morgan fingerprint density at radius 2 is 1.73 bits per heavy atom. The smallest absolute Gasteiger partial charge is 0.227 e. The zero-order valence-corrected chi connectivity index (χ0v) is 12.9. The first kappa shape index (κ1) is 14.2. The lowest BCUT2D eigenvalue weighted by atomic mass is 9.94. The Kier molecular flexibility index (Phi) is 3.66. The highest BCUT2D eigenvalue weighted by Crippen LogP contribution is 2.37. The molecule has 1 aliphatic carbocycles. The molecule has 118 valence electrons. The fraction of sp³-hybridized carbons (Fsp3) is 0.611. The van der Waals surface area contributed by atoms with E-state index in [0.717, 1.165) is 31.9 Å². The van der Waals surface area contributed by atoms with Crippen LogP contribution in [-0.2, 0) is 4.79 Å². The van der Waals surface area contributed by atoms with Crippen LogP contribution >= 0.6 is 0 Å². The molecule has 4 nitrogen and oxygen atoms in total. The molecule has 3 aliphatic rings. The summed E-state index contributed by atoms with van der Waals surface area (Å²) in [6.45, 7) is 3.84. The van der Waals surface area contributed by atoms with Gasteiger partial charge >= 0.3 is 0 Å². The van der Waals surface area contributed by atoms with Crippen molar-refractivity contribution in [1.82, 2.24) is 4.90 Å². The summed E-state index contributed by atoms with van der Waals surface area (Å²) in [6.07, 6.45) is 2.91. The Bertz CT molecular complexity index is 533. The Morgan fingerprint density at radius 1 is 1.05 bits per heavy atom. The molecule has 3 fully saturated rings. The SMILES string of the molecule is O=C1C[C@H](CN2C[C@H]3CC[C@@H](C2)C3O)CN1c1ccccc1. The molecule has 1 saturated carbocycles. The van der Waals surface area contributed by atoms with E-state index in [0.29, 0.717) is 24.2 Å². The van der Waals surface area contributed by atoms with Gasteiger partial charge < -0.3 is 14.9 Å². The molecule has 0 radical (unpaired) electrons. The summed E-state index contributed by atoms with van der Waals surface area (Å²) in [5.74, 6) is 1.58. The molecule has 2 aliphatic heterocycles. The number of carbonyl (C=O) groups is 1. The molecular formula is C18H24N2O2. The summed E-state index contributed by atoms with van der Waals surface area (Å²) in [6, 6.07) is 9.98. The van der Waals surface area contributed by atoms with E-state index in [2.05, 4.69) is 4.90 Å². The number of nitrogens with zero attached hydrogens (tertiary/aromatic N) is 2. The van der Waals surface area contributed by atoms with E-state index < -0.39 is 0 Å². The monoisotopic (exact) mass is 300 g/mol. The van der Waals surface area contributed by atoms with E-state index in [4.69, 9.17) is 0 Å². The summed E-state index contributed by atoms with van der Waals surface area (Å²) in [4.78, 5) is 16.7. The lowest BCUT2D eigenvalue weighted by Gasteiger charge is -2.36. The predicted molar refractivity (Wildman–Crippen MR) is 85.6 cm³/mol. The standard InChI is InChI=1S/C18H24N2O2/c21-17-8-13(10-20(17)16-4-2-1-3-5-16)9-19-11-14-6-7-15(12-19)18(14)22/h1-5,13-15,18,22H,6-12H2/t13-,14-,15+,18?/m1/s1. The highest BCUT2D eigenvalue weighted by atomic mass is 16.3. The van der Waals surface area contributed by atoms with Crippen LogP contribution in [0.3, 0.4) is 0 Å². The minimum absolute atomic E-state index is 0.0812. The number of aliphatic hydroxyl groups is 1. The maximum atomic E-state index is 12.3. The number of hydrogen-bond acceptors (Lipinski definition) is 3. The minimum Gasteiger partial charge on any atom is -0.392 e.